The molecular formula is C21H29IN4O. The number of halogens is 1. The Morgan fingerprint density at radius 1 is 1.04 bits per heavy atom. The molecular weight excluding hydrogens is 451 g/mol. The van der Waals surface area contributed by atoms with Crippen molar-refractivity contribution in [1.29, 1.82) is 0 Å². The molecule has 0 saturated carbocycles. The van der Waals surface area contributed by atoms with E-state index < -0.39 is 0 Å². The van der Waals surface area contributed by atoms with Gasteiger partial charge in [-0.1, -0.05) is 42.0 Å². The minimum Gasteiger partial charge on any atom is -0.357 e. The SMILES string of the molecule is CCNC(=NCc1ccc(C(=O)NC)cc1)N(C)Cc1ccc(C)cc1.I. The van der Waals surface area contributed by atoms with Gasteiger partial charge in [-0.05, 0) is 37.1 Å². The predicted molar refractivity (Wildman–Crippen MR) is 123 cm³/mol. The van der Waals surface area contributed by atoms with Gasteiger partial charge in [0.25, 0.3) is 5.91 Å². The van der Waals surface area contributed by atoms with Gasteiger partial charge in [0.1, 0.15) is 0 Å². The quantitative estimate of drug-likeness (QED) is 0.378. The van der Waals surface area contributed by atoms with Crippen molar-refractivity contribution in [3.63, 3.8) is 0 Å². The number of carbonyl (C=O) groups is 1. The molecule has 0 fully saturated rings. The standard InChI is InChI=1S/C21H28N4O.HI/c1-5-23-21(25(4)15-18-8-6-16(2)7-9-18)24-14-17-10-12-19(13-11-17)20(26)22-3;/h6-13H,5,14-15H2,1-4H3,(H,22,26)(H,23,24);1H. The largest absolute Gasteiger partial charge is 0.357 e. The second kappa shape index (κ2) is 11.6. The lowest BCUT2D eigenvalue weighted by atomic mass is 10.1. The summed E-state index contributed by atoms with van der Waals surface area (Å²) in [6.07, 6.45) is 0. The number of hydrogen-bond donors (Lipinski definition) is 2. The smallest absolute Gasteiger partial charge is 0.251 e. The van der Waals surface area contributed by atoms with Gasteiger partial charge in [-0.25, -0.2) is 4.99 Å². The summed E-state index contributed by atoms with van der Waals surface area (Å²) in [6, 6.07) is 16.1. The molecule has 0 heterocycles. The molecule has 0 saturated heterocycles. The van der Waals surface area contributed by atoms with Gasteiger partial charge >= 0.3 is 0 Å². The zero-order valence-electron chi connectivity index (χ0n) is 16.5. The fourth-order valence-corrected chi connectivity index (χ4v) is 2.58. The predicted octanol–water partition coefficient (Wildman–Crippen LogP) is 3.57. The van der Waals surface area contributed by atoms with E-state index in [4.69, 9.17) is 4.99 Å². The minimum absolute atomic E-state index is 0. The highest BCUT2D eigenvalue weighted by molar-refractivity contribution is 14.0. The van der Waals surface area contributed by atoms with Crippen molar-refractivity contribution in [2.45, 2.75) is 26.9 Å². The summed E-state index contributed by atoms with van der Waals surface area (Å²) in [5.74, 6) is 0.787. The number of rotatable bonds is 6. The fraction of sp³-hybridized carbons (Fsp3) is 0.333. The Morgan fingerprint density at radius 3 is 2.19 bits per heavy atom. The third kappa shape index (κ3) is 7.21. The summed E-state index contributed by atoms with van der Waals surface area (Å²) in [5, 5.41) is 5.96. The van der Waals surface area contributed by atoms with Crippen molar-refractivity contribution in [3.8, 4) is 0 Å². The van der Waals surface area contributed by atoms with E-state index in [9.17, 15) is 4.79 Å². The topological polar surface area (TPSA) is 56.7 Å². The van der Waals surface area contributed by atoms with Crippen molar-refractivity contribution >= 4 is 35.8 Å². The number of carbonyl (C=O) groups excluding carboxylic acids is 1. The average Bonchev–Trinajstić information content (AvgIpc) is 2.66. The maximum absolute atomic E-state index is 11.6. The molecule has 0 aliphatic heterocycles. The Hall–Kier alpha value is -2.09. The van der Waals surface area contributed by atoms with Crippen LogP contribution in [0.5, 0.6) is 0 Å². The van der Waals surface area contributed by atoms with Crippen molar-refractivity contribution in [2.24, 2.45) is 4.99 Å². The Kier molecular flexibility index (Phi) is 9.85. The molecule has 0 spiro atoms. The van der Waals surface area contributed by atoms with Crippen LogP contribution in [0.1, 0.15) is 34.0 Å². The summed E-state index contributed by atoms with van der Waals surface area (Å²) in [6.45, 7) is 6.32. The van der Waals surface area contributed by atoms with Crippen LogP contribution in [-0.2, 0) is 13.1 Å². The zero-order valence-corrected chi connectivity index (χ0v) is 18.8. The normalized spacial score (nSPS) is 10.7. The molecule has 2 N–H and O–H groups in total. The maximum Gasteiger partial charge on any atom is 0.251 e. The van der Waals surface area contributed by atoms with E-state index in [0.717, 1.165) is 24.6 Å². The van der Waals surface area contributed by atoms with Crippen molar-refractivity contribution in [3.05, 3.63) is 70.8 Å². The van der Waals surface area contributed by atoms with Crippen LogP contribution in [0.2, 0.25) is 0 Å². The molecule has 27 heavy (non-hydrogen) atoms. The molecule has 2 aromatic carbocycles. The first-order valence-corrected chi connectivity index (χ1v) is 8.89. The van der Waals surface area contributed by atoms with Gasteiger partial charge in [-0.2, -0.15) is 0 Å². The van der Waals surface area contributed by atoms with Gasteiger partial charge in [0, 0.05) is 32.7 Å². The van der Waals surface area contributed by atoms with E-state index in [-0.39, 0.29) is 29.9 Å². The molecule has 146 valence electrons. The Balaban J connectivity index is 0.00000364. The molecule has 6 heteroatoms. The lowest BCUT2D eigenvalue weighted by molar-refractivity contribution is 0.0963. The number of amides is 1. The Morgan fingerprint density at radius 2 is 1.63 bits per heavy atom. The van der Waals surface area contributed by atoms with E-state index >= 15 is 0 Å². The molecule has 2 aromatic rings. The molecule has 0 radical (unpaired) electrons. The first kappa shape index (κ1) is 23.0. The number of aliphatic imine (C=N–C) groups is 1. The second-order valence-corrected chi connectivity index (χ2v) is 6.29. The monoisotopic (exact) mass is 480 g/mol. The summed E-state index contributed by atoms with van der Waals surface area (Å²) < 4.78 is 0. The van der Waals surface area contributed by atoms with Gasteiger partial charge in [0.15, 0.2) is 5.96 Å². The second-order valence-electron chi connectivity index (χ2n) is 6.29. The third-order valence-electron chi connectivity index (χ3n) is 4.09. The van der Waals surface area contributed by atoms with Crippen LogP contribution in [0.25, 0.3) is 0 Å². The molecule has 2 rings (SSSR count). The Bertz CT molecular complexity index is 742. The molecule has 0 aliphatic carbocycles. The van der Waals surface area contributed by atoms with Gasteiger partial charge in [-0.3, -0.25) is 4.79 Å². The average molecular weight is 480 g/mol. The lowest BCUT2D eigenvalue weighted by Crippen LogP contribution is -2.38. The van der Waals surface area contributed by atoms with Crippen LogP contribution in [0.15, 0.2) is 53.5 Å². The van der Waals surface area contributed by atoms with Gasteiger partial charge in [0.2, 0.25) is 0 Å². The third-order valence-corrected chi connectivity index (χ3v) is 4.09. The molecule has 0 aromatic heterocycles. The number of guanidine groups is 1. The van der Waals surface area contributed by atoms with Gasteiger partial charge in [-0.15, -0.1) is 24.0 Å². The van der Waals surface area contributed by atoms with Crippen LogP contribution < -0.4 is 10.6 Å². The number of hydrogen-bond acceptors (Lipinski definition) is 2. The van der Waals surface area contributed by atoms with E-state index in [1.807, 2.05) is 31.3 Å². The zero-order chi connectivity index (χ0) is 18.9. The highest BCUT2D eigenvalue weighted by atomic mass is 127. The number of aryl methyl sites for hydroxylation is 1. The Labute approximate surface area is 179 Å². The van der Waals surface area contributed by atoms with Crippen molar-refractivity contribution in [1.82, 2.24) is 15.5 Å². The molecule has 0 aliphatic rings. The van der Waals surface area contributed by atoms with E-state index in [0.29, 0.717) is 12.1 Å². The summed E-state index contributed by atoms with van der Waals surface area (Å²) in [7, 11) is 3.67. The first-order valence-electron chi connectivity index (χ1n) is 8.89. The minimum atomic E-state index is -0.0776. The van der Waals surface area contributed by atoms with Crippen LogP contribution >= 0.6 is 24.0 Å². The van der Waals surface area contributed by atoms with E-state index in [2.05, 4.69) is 53.6 Å². The maximum atomic E-state index is 11.6. The van der Waals surface area contributed by atoms with E-state index in [1.54, 1.807) is 7.05 Å². The van der Waals surface area contributed by atoms with Crippen LogP contribution in [0.4, 0.5) is 0 Å². The van der Waals surface area contributed by atoms with Crippen LogP contribution in [0, 0.1) is 6.92 Å². The van der Waals surface area contributed by atoms with Gasteiger partial charge in [0.05, 0.1) is 6.54 Å². The molecule has 0 atom stereocenters. The van der Waals surface area contributed by atoms with Crippen LogP contribution in [-0.4, -0.2) is 37.4 Å². The molecule has 0 bridgehead atoms. The molecule has 0 unspecified atom stereocenters. The van der Waals surface area contributed by atoms with Crippen LogP contribution in [0.3, 0.4) is 0 Å². The lowest BCUT2D eigenvalue weighted by Gasteiger charge is -2.22. The number of nitrogens with one attached hydrogen (secondary N) is 2. The summed E-state index contributed by atoms with van der Waals surface area (Å²) >= 11 is 0. The fourth-order valence-electron chi connectivity index (χ4n) is 2.58. The highest BCUT2D eigenvalue weighted by Crippen LogP contribution is 2.08. The first-order chi connectivity index (χ1) is 12.5. The summed E-state index contributed by atoms with van der Waals surface area (Å²) in [5.41, 5.74) is 4.23. The number of benzene rings is 2. The highest BCUT2D eigenvalue weighted by Gasteiger charge is 2.07. The van der Waals surface area contributed by atoms with Crippen molar-refractivity contribution < 1.29 is 4.79 Å². The summed E-state index contributed by atoms with van der Waals surface area (Å²) in [4.78, 5) is 18.4. The van der Waals surface area contributed by atoms with E-state index in [1.165, 1.54) is 11.1 Å². The number of nitrogens with zero attached hydrogens (tertiary/aromatic N) is 2. The van der Waals surface area contributed by atoms with Gasteiger partial charge < -0.3 is 15.5 Å². The van der Waals surface area contributed by atoms with Crippen molar-refractivity contribution in [2.75, 3.05) is 20.6 Å². The molecule has 5 nitrogen and oxygen atoms in total. The molecule has 1 amide bonds.